The van der Waals surface area contributed by atoms with Gasteiger partial charge in [0.05, 0.1) is 12.5 Å². The first kappa shape index (κ1) is 16.2. The molecule has 1 atom stereocenters. The fourth-order valence-corrected chi connectivity index (χ4v) is 2.65. The highest BCUT2D eigenvalue weighted by molar-refractivity contribution is 5.81. The van der Waals surface area contributed by atoms with Gasteiger partial charge < -0.3 is 15.5 Å². The molecule has 5 heteroatoms. The maximum absolute atomic E-state index is 12.2. The molecule has 0 spiro atoms. The second-order valence-electron chi connectivity index (χ2n) is 5.40. The topological polar surface area (TPSA) is 61.4 Å². The summed E-state index contributed by atoms with van der Waals surface area (Å²) >= 11 is 0. The number of rotatable bonds is 6. The Hall–Kier alpha value is -2.14. The molecule has 0 saturated heterocycles. The summed E-state index contributed by atoms with van der Waals surface area (Å²) in [5, 5.41) is 5.96. The van der Waals surface area contributed by atoms with Crippen molar-refractivity contribution in [3.63, 3.8) is 0 Å². The van der Waals surface area contributed by atoms with E-state index < -0.39 is 0 Å². The lowest BCUT2D eigenvalue weighted by molar-refractivity contribution is -0.129. The van der Waals surface area contributed by atoms with Crippen molar-refractivity contribution in [3.8, 4) is 0 Å². The number of benzene rings is 1. The lowest BCUT2D eigenvalue weighted by atomic mass is 9.93. The van der Waals surface area contributed by atoms with E-state index in [4.69, 9.17) is 0 Å². The van der Waals surface area contributed by atoms with E-state index in [-0.39, 0.29) is 24.3 Å². The molecule has 0 fully saturated rings. The minimum absolute atomic E-state index is 0.0301. The molecule has 2 amide bonds. The van der Waals surface area contributed by atoms with Crippen LogP contribution in [0.25, 0.3) is 6.08 Å². The quantitative estimate of drug-likeness (QED) is 0.786. The summed E-state index contributed by atoms with van der Waals surface area (Å²) < 4.78 is 0. The Morgan fingerprint density at radius 2 is 2.00 bits per heavy atom. The van der Waals surface area contributed by atoms with Gasteiger partial charge in [-0.25, -0.2) is 0 Å². The predicted molar refractivity (Wildman–Crippen MR) is 86.9 cm³/mol. The SMILES string of the molecule is CNCCCNC(=O)CC1c2ccccc2C=CN1C(C)=O. The molecule has 1 heterocycles. The Bertz CT molecular complexity index is 569. The van der Waals surface area contributed by atoms with Gasteiger partial charge in [0, 0.05) is 19.7 Å². The van der Waals surface area contributed by atoms with Gasteiger partial charge in [0.15, 0.2) is 0 Å². The van der Waals surface area contributed by atoms with Crippen LogP contribution in [-0.2, 0) is 9.59 Å². The first-order valence-electron chi connectivity index (χ1n) is 7.61. The van der Waals surface area contributed by atoms with Crippen LogP contribution in [0.5, 0.6) is 0 Å². The molecule has 2 N–H and O–H groups in total. The molecular weight excluding hydrogens is 278 g/mol. The number of nitrogens with zero attached hydrogens (tertiary/aromatic N) is 1. The van der Waals surface area contributed by atoms with Crippen molar-refractivity contribution in [2.24, 2.45) is 0 Å². The molecule has 2 rings (SSSR count). The Morgan fingerprint density at radius 1 is 1.23 bits per heavy atom. The van der Waals surface area contributed by atoms with Crippen LogP contribution >= 0.6 is 0 Å². The summed E-state index contributed by atoms with van der Waals surface area (Å²) in [6.45, 7) is 3.04. The van der Waals surface area contributed by atoms with E-state index >= 15 is 0 Å². The molecule has 0 bridgehead atoms. The minimum atomic E-state index is -0.233. The van der Waals surface area contributed by atoms with Crippen molar-refractivity contribution in [3.05, 3.63) is 41.6 Å². The van der Waals surface area contributed by atoms with Gasteiger partial charge in [-0.1, -0.05) is 24.3 Å². The highest BCUT2D eigenvalue weighted by atomic mass is 16.2. The molecule has 0 radical (unpaired) electrons. The van der Waals surface area contributed by atoms with Crippen molar-refractivity contribution in [2.75, 3.05) is 20.1 Å². The molecule has 1 aliphatic rings. The Labute approximate surface area is 131 Å². The van der Waals surface area contributed by atoms with Crippen LogP contribution in [0.3, 0.4) is 0 Å². The van der Waals surface area contributed by atoms with Crippen LogP contribution in [0, 0.1) is 0 Å². The first-order valence-corrected chi connectivity index (χ1v) is 7.61. The molecule has 0 aromatic heterocycles. The lowest BCUT2D eigenvalue weighted by Gasteiger charge is -2.32. The molecule has 1 aliphatic heterocycles. The summed E-state index contributed by atoms with van der Waals surface area (Å²) in [6.07, 6.45) is 4.85. The maximum Gasteiger partial charge on any atom is 0.223 e. The van der Waals surface area contributed by atoms with Crippen LogP contribution in [0.4, 0.5) is 0 Å². The molecule has 1 aromatic carbocycles. The number of hydrogen-bond donors (Lipinski definition) is 2. The zero-order chi connectivity index (χ0) is 15.9. The third-order valence-corrected chi connectivity index (χ3v) is 3.77. The minimum Gasteiger partial charge on any atom is -0.356 e. The second kappa shape index (κ2) is 7.75. The van der Waals surface area contributed by atoms with Gasteiger partial charge >= 0.3 is 0 Å². The molecule has 1 unspecified atom stereocenters. The third kappa shape index (κ3) is 3.95. The molecule has 0 aliphatic carbocycles. The van der Waals surface area contributed by atoms with Crippen molar-refractivity contribution >= 4 is 17.9 Å². The van der Waals surface area contributed by atoms with E-state index in [1.807, 2.05) is 37.4 Å². The fourth-order valence-electron chi connectivity index (χ4n) is 2.65. The normalized spacial score (nSPS) is 16.3. The fraction of sp³-hybridized carbons (Fsp3) is 0.412. The Balaban J connectivity index is 2.07. The maximum atomic E-state index is 12.2. The molecular formula is C17H23N3O2. The Kier molecular flexibility index (Phi) is 5.72. The first-order chi connectivity index (χ1) is 10.6. The van der Waals surface area contributed by atoms with E-state index in [9.17, 15) is 9.59 Å². The molecule has 5 nitrogen and oxygen atoms in total. The number of carbonyl (C=O) groups excluding carboxylic acids is 2. The number of amides is 2. The van der Waals surface area contributed by atoms with Crippen LogP contribution in [0.2, 0.25) is 0 Å². The van der Waals surface area contributed by atoms with Gasteiger partial charge in [0.2, 0.25) is 11.8 Å². The van der Waals surface area contributed by atoms with E-state index in [0.29, 0.717) is 6.54 Å². The largest absolute Gasteiger partial charge is 0.356 e. The van der Waals surface area contributed by atoms with E-state index in [0.717, 1.165) is 24.1 Å². The van der Waals surface area contributed by atoms with Crippen molar-refractivity contribution in [1.29, 1.82) is 0 Å². The summed E-state index contributed by atoms with van der Waals surface area (Å²) in [7, 11) is 1.89. The average molecular weight is 301 g/mol. The number of hydrogen-bond acceptors (Lipinski definition) is 3. The molecule has 1 aromatic rings. The van der Waals surface area contributed by atoms with Crippen molar-refractivity contribution in [2.45, 2.75) is 25.8 Å². The summed E-state index contributed by atoms with van der Waals surface area (Å²) in [6, 6.07) is 7.65. The van der Waals surface area contributed by atoms with E-state index in [2.05, 4.69) is 10.6 Å². The second-order valence-corrected chi connectivity index (χ2v) is 5.40. The zero-order valence-corrected chi connectivity index (χ0v) is 13.1. The van der Waals surface area contributed by atoms with Crippen molar-refractivity contribution in [1.82, 2.24) is 15.5 Å². The number of carbonyl (C=O) groups is 2. The van der Waals surface area contributed by atoms with Crippen LogP contribution in [-0.4, -0.2) is 36.9 Å². The van der Waals surface area contributed by atoms with Gasteiger partial charge in [-0.2, -0.15) is 0 Å². The van der Waals surface area contributed by atoms with E-state index in [1.165, 1.54) is 6.92 Å². The van der Waals surface area contributed by atoms with Gasteiger partial charge in [-0.05, 0) is 37.2 Å². The smallest absolute Gasteiger partial charge is 0.223 e. The highest BCUT2D eigenvalue weighted by Gasteiger charge is 2.27. The van der Waals surface area contributed by atoms with Gasteiger partial charge in [0.25, 0.3) is 0 Å². The van der Waals surface area contributed by atoms with Gasteiger partial charge in [0.1, 0.15) is 0 Å². The van der Waals surface area contributed by atoms with Gasteiger partial charge in [-0.15, -0.1) is 0 Å². The molecule has 0 saturated carbocycles. The van der Waals surface area contributed by atoms with Crippen LogP contribution in [0.15, 0.2) is 30.5 Å². The number of nitrogens with one attached hydrogen (secondary N) is 2. The highest BCUT2D eigenvalue weighted by Crippen LogP contribution is 2.32. The third-order valence-electron chi connectivity index (χ3n) is 3.77. The summed E-state index contributed by atoms with van der Waals surface area (Å²) in [5.41, 5.74) is 2.08. The lowest BCUT2D eigenvalue weighted by Crippen LogP contribution is -2.35. The molecule has 118 valence electrons. The van der Waals surface area contributed by atoms with Crippen molar-refractivity contribution < 1.29 is 9.59 Å². The van der Waals surface area contributed by atoms with Crippen LogP contribution < -0.4 is 10.6 Å². The zero-order valence-electron chi connectivity index (χ0n) is 13.1. The average Bonchev–Trinajstić information content (AvgIpc) is 2.51. The monoisotopic (exact) mass is 301 g/mol. The van der Waals surface area contributed by atoms with E-state index in [1.54, 1.807) is 11.1 Å². The standard InChI is InChI=1S/C17H23N3O2/c1-13(21)20-11-8-14-6-3-4-7-15(14)16(20)12-17(22)19-10-5-9-18-2/h3-4,6-8,11,16,18H,5,9-10,12H2,1-2H3,(H,19,22). The van der Waals surface area contributed by atoms with Gasteiger partial charge in [-0.3, -0.25) is 9.59 Å². The summed E-state index contributed by atoms with van der Waals surface area (Å²) in [5.74, 6) is -0.0869. The predicted octanol–water partition coefficient (Wildman–Crippen LogP) is 1.68. The summed E-state index contributed by atoms with van der Waals surface area (Å²) in [4.78, 5) is 25.6. The Morgan fingerprint density at radius 3 is 2.73 bits per heavy atom. The molecule has 22 heavy (non-hydrogen) atoms. The number of fused-ring (bicyclic) bond motifs is 1. The van der Waals surface area contributed by atoms with Crippen LogP contribution in [0.1, 0.15) is 36.9 Å².